The topological polar surface area (TPSA) is 675 Å². The van der Waals surface area contributed by atoms with Crippen LogP contribution in [0.25, 0.3) is 0 Å². The first-order valence-electron chi connectivity index (χ1n) is 46.4. The number of pyridine rings is 4. The molecule has 4 aromatic heterocycles. The van der Waals surface area contributed by atoms with Crippen molar-refractivity contribution in [3.05, 3.63) is 183 Å². The van der Waals surface area contributed by atoms with Crippen molar-refractivity contribution in [1.82, 2.24) is 36.7 Å². The number of aliphatic hydroxyl groups excluding tert-OH is 4. The van der Waals surface area contributed by atoms with E-state index in [2.05, 4.69) is 55.1 Å². The third-order valence-electron chi connectivity index (χ3n) is 22.1. The Hall–Kier alpha value is -12.5. The quantitative estimate of drug-likeness (QED) is 0.0125. The molecule has 4 aromatic carbocycles. The predicted molar refractivity (Wildman–Crippen MR) is 536 cm³/mol. The SMILES string of the molecule is CCN(CC1CCCO1)S(=O)(=O)c1ccc(N=Nc2c(C)c(C#N)c(O)n(CCOCCO)c2=O)cc1.Cc1c(C#N)c(O)n(C(C)(C)CC(C)(C)C)c(=O)c1N=Nc1ccc(S(=O)(=O)NCCOCCO)cc1.Cc1c(C#N)c(O)n(CCOCCO)c(=O)c1N=Nc1ccc(S(=O)(=O)NC(C)(C)CC(C)(C)C)cc1.Cc1c(C#N)c(O)n(CCOCCO)c(=O)c1N=Nc1ccc(S(=O)(=O)NCC2CCCO2)cc1. The molecule has 2 aliphatic heterocycles. The summed E-state index contributed by atoms with van der Waals surface area (Å²) in [5.41, 5.74) is -3.43. The number of aliphatic hydroxyl groups is 4. The monoisotopic (exact) mass is 2100 g/mol. The molecule has 8 aromatic rings. The van der Waals surface area contributed by atoms with Gasteiger partial charge in [0.15, 0.2) is 22.7 Å². The lowest BCUT2D eigenvalue weighted by molar-refractivity contribution is 0.0854. The van der Waals surface area contributed by atoms with Gasteiger partial charge in [-0.25, -0.2) is 47.8 Å². The minimum atomic E-state index is -3.79. The number of aromatic hydroxyl groups is 4. The maximum atomic E-state index is 13.4. The molecule has 792 valence electrons. The minimum absolute atomic E-state index is 0.00692. The van der Waals surface area contributed by atoms with E-state index in [0.717, 1.165) is 39.4 Å². The molecule has 2 saturated heterocycles. The van der Waals surface area contributed by atoms with Crippen molar-refractivity contribution in [3.8, 4) is 47.8 Å². The van der Waals surface area contributed by atoms with Gasteiger partial charge in [-0.2, -0.15) is 45.8 Å². The number of azo groups is 4. The fourth-order valence-electron chi connectivity index (χ4n) is 15.8. The summed E-state index contributed by atoms with van der Waals surface area (Å²) in [6, 6.07) is 30.2. The second kappa shape index (κ2) is 54.8. The maximum Gasteiger partial charge on any atom is 0.281 e. The minimum Gasteiger partial charge on any atom is -0.493 e. The highest BCUT2D eigenvalue weighted by atomic mass is 32.2. The Morgan fingerprint density at radius 2 is 0.719 bits per heavy atom. The molecule has 6 heterocycles. The number of likely N-dealkylation sites (N-methyl/N-ethyl adjacent to an activating group) is 1. The van der Waals surface area contributed by atoms with Gasteiger partial charge in [0.05, 0.1) is 153 Å². The number of ether oxygens (including phenoxy) is 6. The molecule has 0 saturated carbocycles. The summed E-state index contributed by atoms with van der Waals surface area (Å²) in [6.45, 7) is 28.9. The van der Waals surface area contributed by atoms with Crippen molar-refractivity contribution in [2.75, 3.05) is 119 Å². The number of hydrogen-bond acceptors (Lipinski definition) is 38. The summed E-state index contributed by atoms with van der Waals surface area (Å²) in [7, 11) is -15.0. The van der Waals surface area contributed by atoms with Gasteiger partial charge in [0.1, 0.15) is 46.5 Å². The highest BCUT2D eigenvalue weighted by Gasteiger charge is 2.36. The Kier molecular flexibility index (Phi) is 45.2. The number of hydrogen-bond donors (Lipinski definition) is 11. The molecule has 2 fully saturated rings. The Labute approximate surface area is 847 Å². The third-order valence-corrected chi connectivity index (χ3v) is 28.7. The fraction of sp³-hybridized carbons (Fsp3) is 0.500. The lowest BCUT2D eigenvalue weighted by atomic mass is 9.81. The molecule has 11 N–H and O–H groups in total. The number of nitriles is 4. The normalized spacial score (nSPS) is 14.4. The average molecular weight is 2110 g/mol. The van der Waals surface area contributed by atoms with Crippen LogP contribution in [0.5, 0.6) is 23.5 Å². The van der Waals surface area contributed by atoms with Crippen molar-refractivity contribution in [3.63, 3.8) is 0 Å². The zero-order valence-corrected chi connectivity index (χ0v) is 87.4. The molecule has 2 atom stereocenters. The molecular weight excluding hydrogens is 1980 g/mol. The van der Waals surface area contributed by atoms with Gasteiger partial charge in [0.2, 0.25) is 63.6 Å². The second-order valence-electron chi connectivity index (χ2n) is 37.0. The zero-order valence-electron chi connectivity index (χ0n) is 84.1. The summed E-state index contributed by atoms with van der Waals surface area (Å²) in [5.74, 6) is -1.93. The molecule has 10 rings (SSSR count). The molecule has 0 spiro atoms. The first kappa shape index (κ1) is 120. The van der Waals surface area contributed by atoms with Crippen LogP contribution in [0.2, 0.25) is 0 Å². The van der Waals surface area contributed by atoms with Gasteiger partial charge in [0, 0.05) is 72.7 Å². The van der Waals surface area contributed by atoms with Crippen LogP contribution in [0.4, 0.5) is 45.5 Å². The van der Waals surface area contributed by atoms with Crippen molar-refractivity contribution < 1.29 is 103 Å². The van der Waals surface area contributed by atoms with E-state index in [-0.39, 0.29) is 239 Å². The van der Waals surface area contributed by atoms with Crippen LogP contribution >= 0.6 is 0 Å². The Balaban J connectivity index is 0.000000264. The second-order valence-corrected chi connectivity index (χ2v) is 44.2. The van der Waals surface area contributed by atoms with Crippen LogP contribution in [-0.2, 0) is 93.7 Å². The number of aromatic nitrogens is 4. The van der Waals surface area contributed by atoms with Gasteiger partial charge >= 0.3 is 0 Å². The zero-order chi connectivity index (χ0) is 108. The van der Waals surface area contributed by atoms with Crippen molar-refractivity contribution >= 4 is 85.6 Å². The fourth-order valence-corrected chi connectivity index (χ4v) is 20.8. The largest absolute Gasteiger partial charge is 0.493 e. The molecule has 0 amide bonds. The molecule has 50 heteroatoms. The first-order valence-corrected chi connectivity index (χ1v) is 52.2. The molecule has 0 bridgehead atoms. The van der Waals surface area contributed by atoms with Gasteiger partial charge in [-0.1, -0.05) is 48.5 Å². The van der Waals surface area contributed by atoms with E-state index in [1.54, 1.807) is 6.92 Å². The molecule has 2 aliphatic rings. The molecule has 146 heavy (non-hydrogen) atoms. The molecule has 46 nitrogen and oxygen atoms in total. The summed E-state index contributed by atoms with van der Waals surface area (Å²) in [6.07, 6.45) is 4.39. The Morgan fingerprint density at radius 1 is 0.411 bits per heavy atom. The number of benzene rings is 4. The Bertz CT molecular complexity index is 6880. The van der Waals surface area contributed by atoms with Crippen LogP contribution in [0.15, 0.2) is 177 Å². The first-order chi connectivity index (χ1) is 68.8. The number of nitrogens with one attached hydrogen (secondary N) is 3. The van der Waals surface area contributed by atoms with Crippen LogP contribution in [-0.4, -0.2) is 234 Å². The standard InChI is InChI=1S/2C25H35N5O6S.C24H31N5O7S.C22H27N5O7S/c1-17-20(15-26)22(32)30(11-13-36-14-12-31)23(33)21(17)28-27-18-7-9-19(10-8-18)37(34,35)29-25(5,6)16-24(2,3)4;1-17-20(15-26)22(32)30(25(5,6)16-24(2,3)4)23(33)21(17)29-28-18-7-9-19(10-8-18)37(34,35)27-11-13-36-14-12-31;1-3-28(16-19-5-4-12-36-19)37(33,34)20-8-6-18(7-9-20)26-27-22-17(2)21(15-25)23(31)29(24(22)32)10-13-35-14-11-30;1-15-19(13-23)21(29)27(8-11-33-12-9-28)22(30)20(15)26-25-16-4-6-18(7-5-16)35(31,32)24-14-17-3-2-10-34-17/h7-10,29,31-32H,11-14,16H2,1-6H3;7-10,27,31-32H,11-14,16H2,1-6H3;6-9,19,30-31H,3-5,10-14,16H2,1-2H3;4-7,17,24,28-29H,2-3,8-12,14H2,1H3. The van der Waals surface area contributed by atoms with E-state index < -0.39 is 96.9 Å². The summed E-state index contributed by atoms with van der Waals surface area (Å²) in [4.78, 5) is 52.4. The average Bonchev–Trinajstić information content (AvgIpc) is 1.08. The molecule has 0 radical (unpaired) electrons. The third kappa shape index (κ3) is 33.8. The van der Waals surface area contributed by atoms with Gasteiger partial charge < -0.3 is 69.3 Å². The van der Waals surface area contributed by atoms with E-state index >= 15 is 0 Å². The van der Waals surface area contributed by atoms with Crippen molar-refractivity contribution in [2.24, 2.45) is 51.7 Å². The van der Waals surface area contributed by atoms with Crippen LogP contribution in [0.3, 0.4) is 0 Å². The van der Waals surface area contributed by atoms with E-state index in [4.69, 9.17) is 48.8 Å². The van der Waals surface area contributed by atoms with E-state index in [1.807, 2.05) is 93.5 Å². The lowest BCUT2D eigenvalue weighted by Gasteiger charge is -2.35. The Morgan fingerprint density at radius 3 is 1.03 bits per heavy atom. The number of rotatable bonds is 45. The van der Waals surface area contributed by atoms with Crippen LogP contribution in [0, 0.1) is 83.8 Å². The molecule has 2 unspecified atom stereocenters. The smallest absolute Gasteiger partial charge is 0.281 e. The molecular formula is C96H128N20O26S4. The highest BCUT2D eigenvalue weighted by molar-refractivity contribution is 7.90. The van der Waals surface area contributed by atoms with Crippen molar-refractivity contribution in [1.29, 1.82) is 21.0 Å². The molecule has 0 aliphatic carbocycles. The summed E-state index contributed by atoms with van der Waals surface area (Å²) < 4.78 is 146. The van der Waals surface area contributed by atoms with Gasteiger partial charge in [-0.15, -0.1) is 20.5 Å². The summed E-state index contributed by atoms with van der Waals surface area (Å²) >= 11 is 0. The lowest BCUT2D eigenvalue weighted by Crippen LogP contribution is -2.45. The van der Waals surface area contributed by atoms with Gasteiger partial charge in [-0.3, -0.25) is 37.4 Å². The van der Waals surface area contributed by atoms with Crippen LogP contribution < -0.4 is 36.4 Å². The predicted octanol–water partition coefficient (Wildman–Crippen LogP) is 11.2. The maximum absolute atomic E-state index is 13.4. The number of sulfonamides is 4. The van der Waals surface area contributed by atoms with Gasteiger partial charge in [-0.05, 0) is 202 Å². The van der Waals surface area contributed by atoms with E-state index in [1.165, 1.54) is 134 Å². The number of nitrogens with zero attached hydrogens (tertiary/aromatic N) is 17. The highest BCUT2D eigenvalue weighted by Crippen LogP contribution is 2.39. The summed E-state index contributed by atoms with van der Waals surface area (Å²) in [5, 5.41) is 147. The van der Waals surface area contributed by atoms with Gasteiger partial charge in [0.25, 0.3) is 22.2 Å². The van der Waals surface area contributed by atoms with Crippen molar-refractivity contribution in [2.45, 2.75) is 205 Å². The van der Waals surface area contributed by atoms with E-state index in [0.29, 0.717) is 44.8 Å². The van der Waals surface area contributed by atoms with E-state index in [9.17, 15) is 94.3 Å². The van der Waals surface area contributed by atoms with Crippen LogP contribution in [0.1, 0.15) is 159 Å².